The van der Waals surface area contributed by atoms with Crippen LogP contribution in [0, 0.1) is 0 Å². The van der Waals surface area contributed by atoms with Gasteiger partial charge in [-0.3, -0.25) is 0 Å². The molecule has 1 heteroatoms. The summed E-state index contributed by atoms with van der Waals surface area (Å²) in [5, 5.41) is 0. The van der Waals surface area contributed by atoms with Gasteiger partial charge < -0.3 is 4.90 Å². The van der Waals surface area contributed by atoms with Crippen molar-refractivity contribution in [3.8, 4) is 33.4 Å². The molecule has 0 saturated carbocycles. The SMILES string of the molecule is CC1(C)c2ccccc2-c2c(-c3ccc4c(c3)CC3Cc5c(-c6ccccc6)cccc5N43)cccc21. The number of rotatable bonds is 2. The van der Waals surface area contributed by atoms with Crippen LogP contribution in [0.1, 0.15) is 36.1 Å². The Morgan fingerprint density at radius 1 is 0.595 bits per heavy atom. The lowest BCUT2D eigenvalue weighted by molar-refractivity contribution is 0.660. The second kappa shape index (κ2) is 7.46. The van der Waals surface area contributed by atoms with E-state index in [9.17, 15) is 0 Å². The van der Waals surface area contributed by atoms with E-state index in [1.54, 1.807) is 0 Å². The first kappa shape index (κ1) is 21.0. The van der Waals surface area contributed by atoms with Gasteiger partial charge in [-0.15, -0.1) is 0 Å². The summed E-state index contributed by atoms with van der Waals surface area (Å²) in [7, 11) is 0. The molecule has 3 aliphatic rings. The van der Waals surface area contributed by atoms with Crippen LogP contribution in [0.5, 0.6) is 0 Å². The molecule has 0 fully saturated rings. The van der Waals surface area contributed by atoms with Crippen molar-refractivity contribution >= 4 is 11.4 Å². The van der Waals surface area contributed by atoms with E-state index in [1.807, 2.05) is 0 Å². The standard InChI is InChI=1S/C36H29N/c1-36(2)31-15-7-6-12-29(31)35-28(14-8-16-32(35)36)24-18-19-33-25(20-24)21-26-22-30-27(23-10-4-3-5-11-23)13-9-17-34(30)37(26)33/h3-20,26H,21-22H2,1-2H3. The van der Waals surface area contributed by atoms with Gasteiger partial charge in [0.15, 0.2) is 0 Å². The molecule has 0 radical (unpaired) electrons. The van der Waals surface area contributed by atoms with Crippen molar-refractivity contribution in [1.82, 2.24) is 0 Å². The third-order valence-electron chi connectivity index (χ3n) is 9.01. The molecule has 0 spiro atoms. The third-order valence-corrected chi connectivity index (χ3v) is 9.01. The van der Waals surface area contributed by atoms with Crippen LogP contribution < -0.4 is 4.90 Å². The summed E-state index contributed by atoms with van der Waals surface area (Å²) >= 11 is 0. The van der Waals surface area contributed by atoms with E-state index in [-0.39, 0.29) is 5.41 Å². The van der Waals surface area contributed by atoms with Crippen LogP contribution in [-0.2, 0) is 18.3 Å². The van der Waals surface area contributed by atoms with Gasteiger partial charge in [-0.25, -0.2) is 0 Å². The highest BCUT2D eigenvalue weighted by Crippen LogP contribution is 2.53. The van der Waals surface area contributed by atoms with Gasteiger partial charge in [-0.1, -0.05) is 105 Å². The Labute approximate surface area is 219 Å². The van der Waals surface area contributed by atoms with Crippen LogP contribution >= 0.6 is 0 Å². The number of hydrogen-bond donors (Lipinski definition) is 0. The van der Waals surface area contributed by atoms with Crippen LogP contribution in [-0.4, -0.2) is 6.04 Å². The topological polar surface area (TPSA) is 3.24 Å². The van der Waals surface area contributed by atoms with Gasteiger partial charge in [0.25, 0.3) is 0 Å². The second-order valence-electron chi connectivity index (χ2n) is 11.3. The van der Waals surface area contributed by atoms with Crippen LogP contribution in [0.15, 0.2) is 109 Å². The lowest BCUT2D eigenvalue weighted by Crippen LogP contribution is -2.22. The monoisotopic (exact) mass is 475 g/mol. The van der Waals surface area contributed by atoms with Gasteiger partial charge in [-0.05, 0) is 86.7 Å². The highest BCUT2D eigenvalue weighted by atomic mass is 15.2. The molecule has 37 heavy (non-hydrogen) atoms. The minimum Gasteiger partial charge on any atom is -0.337 e. The predicted octanol–water partition coefficient (Wildman–Crippen LogP) is 8.95. The van der Waals surface area contributed by atoms with Crippen LogP contribution in [0.25, 0.3) is 33.4 Å². The molecule has 0 aromatic heterocycles. The molecule has 0 saturated heterocycles. The largest absolute Gasteiger partial charge is 0.337 e. The van der Waals surface area contributed by atoms with E-state index < -0.39 is 0 Å². The van der Waals surface area contributed by atoms with E-state index in [4.69, 9.17) is 0 Å². The summed E-state index contributed by atoms with van der Waals surface area (Å²) in [5.41, 5.74) is 16.8. The van der Waals surface area contributed by atoms with Gasteiger partial charge in [0.1, 0.15) is 0 Å². The lowest BCUT2D eigenvalue weighted by atomic mass is 9.82. The summed E-state index contributed by atoms with van der Waals surface area (Å²) < 4.78 is 0. The highest BCUT2D eigenvalue weighted by Gasteiger charge is 2.39. The van der Waals surface area contributed by atoms with E-state index in [2.05, 4.69) is 128 Å². The molecule has 5 aromatic rings. The first-order valence-corrected chi connectivity index (χ1v) is 13.4. The quantitative estimate of drug-likeness (QED) is 0.246. The Morgan fingerprint density at radius 3 is 2.22 bits per heavy atom. The number of nitrogens with zero attached hydrogens (tertiary/aromatic N) is 1. The molecule has 178 valence electrons. The lowest BCUT2D eigenvalue weighted by Gasteiger charge is -2.22. The van der Waals surface area contributed by atoms with Crippen LogP contribution in [0.2, 0.25) is 0 Å². The zero-order chi connectivity index (χ0) is 24.7. The van der Waals surface area contributed by atoms with Crippen molar-refractivity contribution < 1.29 is 0 Å². The fourth-order valence-electron chi connectivity index (χ4n) is 7.32. The van der Waals surface area contributed by atoms with Gasteiger partial charge in [0.2, 0.25) is 0 Å². The summed E-state index contributed by atoms with van der Waals surface area (Å²) in [6.07, 6.45) is 2.20. The molecular weight excluding hydrogens is 446 g/mol. The zero-order valence-electron chi connectivity index (χ0n) is 21.3. The van der Waals surface area contributed by atoms with Gasteiger partial charge >= 0.3 is 0 Å². The smallest absolute Gasteiger partial charge is 0.0453 e. The average molecular weight is 476 g/mol. The van der Waals surface area contributed by atoms with Gasteiger partial charge in [-0.2, -0.15) is 0 Å². The summed E-state index contributed by atoms with van der Waals surface area (Å²) in [4.78, 5) is 2.61. The molecule has 1 unspecified atom stereocenters. The Morgan fingerprint density at radius 2 is 1.32 bits per heavy atom. The first-order valence-electron chi connectivity index (χ1n) is 13.4. The molecule has 2 heterocycles. The predicted molar refractivity (Wildman–Crippen MR) is 155 cm³/mol. The van der Waals surface area contributed by atoms with Crippen LogP contribution in [0.4, 0.5) is 11.4 Å². The number of hydrogen-bond acceptors (Lipinski definition) is 1. The second-order valence-corrected chi connectivity index (χ2v) is 11.3. The Hall–Kier alpha value is -4.10. The summed E-state index contributed by atoms with van der Waals surface area (Å²) in [6.45, 7) is 4.72. The summed E-state index contributed by atoms with van der Waals surface area (Å²) in [5.74, 6) is 0. The molecule has 1 atom stereocenters. The Balaban J connectivity index is 1.23. The van der Waals surface area contributed by atoms with E-state index in [1.165, 1.54) is 67.0 Å². The highest BCUT2D eigenvalue weighted by molar-refractivity contribution is 5.93. The third kappa shape index (κ3) is 2.86. The number of anilines is 2. The van der Waals surface area contributed by atoms with Crippen LogP contribution in [0.3, 0.4) is 0 Å². The normalized spacial score (nSPS) is 17.7. The molecule has 0 N–H and O–H groups in total. The molecule has 2 aliphatic heterocycles. The van der Waals surface area contributed by atoms with Crippen molar-refractivity contribution in [2.45, 2.75) is 38.1 Å². The minimum atomic E-state index is 0.0293. The van der Waals surface area contributed by atoms with Crippen molar-refractivity contribution in [3.63, 3.8) is 0 Å². The molecule has 1 nitrogen and oxygen atoms in total. The van der Waals surface area contributed by atoms with E-state index in [0.29, 0.717) is 6.04 Å². The molecule has 0 amide bonds. The van der Waals surface area contributed by atoms with E-state index in [0.717, 1.165) is 12.8 Å². The van der Waals surface area contributed by atoms with Crippen molar-refractivity contribution in [3.05, 3.63) is 131 Å². The molecular formula is C36H29N. The minimum absolute atomic E-state index is 0.0293. The van der Waals surface area contributed by atoms with Crippen molar-refractivity contribution in [1.29, 1.82) is 0 Å². The molecule has 5 aromatic carbocycles. The maximum Gasteiger partial charge on any atom is 0.0453 e. The van der Waals surface area contributed by atoms with E-state index >= 15 is 0 Å². The van der Waals surface area contributed by atoms with Crippen molar-refractivity contribution in [2.24, 2.45) is 0 Å². The fourth-order valence-corrected chi connectivity index (χ4v) is 7.32. The molecule has 8 rings (SSSR count). The zero-order valence-corrected chi connectivity index (χ0v) is 21.3. The van der Waals surface area contributed by atoms with Crippen molar-refractivity contribution in [2.75, 3.05) is 4.90 Å². The maximum absolute atomic E-state index is 2.61. The number of fused-ring (bicyclic) bond motifs is 8. The Kier molecular flexibility index (Phi) is 4.24. The molecule has 1 aliphatic carbocycles. The van der Waals surface area contributed by atoms with Gasteiger partial charge in [0, 0.05) is 22.8 Å². The Bertz CT molecular complexity index is 1710. The number of benzene rings is 5. The first-order chi connectivity index (χ1) is 18.1. The average Bonchev–Trinajstić information content (AvgIpc) is 3.55. The van der Waals surface area contributed by atoms with Gasteiger partial charge in [0.05, 0.1) is 0 Å². The summed E-state index contributed by atoms with van der Waals surface area (Å²) in [6, 6.07) is 41.2. The molecule has 0 bridgehead atoms. The maximum atomic E-state index is 2.61. The fraction of sp³-hybridized carbons (Fsp3) is 0.167.